The second-order valence-electron chi connectivity index (χ2n) is 4.43. The van der Waals surface area contributed by atoms with Crippen molar-refractivity contribution in [3.05, 3.63) is 54.0 Å². The van der Waals surface area contributed by atoms with Gasteiger partial charge in [-0.3, -0.25) is 0 Å². The van der Waals surface area contributed by atoms with E-state index in [0.29, 0.717) is 5.11 Å². The second kappa shape index (κ2) is 6.95. The van der Waals surface area contributed by atoms with Crippen LogP contribution in [0, 0.1) is 6.92 Å². The van der Waals surface area contributed by atoms with E-state index in [9.17, 15) is 0 Å². The molecule has 0 aliphatic carbocycles. The average Bonchev–Trinajstić information content (AvgIpc) is 2.88. The molecule has 2 N–H and O–H groups in total. The normalized spacial score (nSPS) is 10.2. The van der Waals surface area contributed by atoms with Gasteiger partial charge in [-0.05, 0) is 55.4 Å². The predicted molar refractivity (Wildman–Crippen MR) is 82.4 cm³/mol. The molecule has 1 heterocycles. The molecule has 0 aliphatic heterocycles. The van der Waals surface area contributed by atoms with Crippen molar-refractivity contribution in [3.63, 3.8) is 0 Å². The quantitative estimate of drug-likeness (QED) is 0.646. The Bertz CT molecular complexity index is 523. The van der Waals surface area contributed by atoms with Crippen LogP contribution < -0.4 is 10.6 Å². The summed E-state index contributed by atoms with van der Waals surface area (Å²) in [6.07, 6.45) is 3.61. The van der Waals surface area contributed by atoms with Gasteiger partial charge in [0.2, 0.25) is 0 Å². The number of benzene rings is 1. The van der Waals surface area contributed by atoms with Crippen molar-refractivity contribution in [2.75, 3.05) is 11.9 Å². The number of thiocarbonyl (C=S) groups is 1. The number of hydrogen-bond acceptors (Lipinski definition) is 2. The van der Waals surface area contributed by atoms with Gasteiger partial charge in [0.15, 0.2) is 5.11 Å². The van der Waals surface area contributed by atoms with Crippen LogP contribution in [0.4, 0.5) is 5.69 Å². The molecule has 2 aromatic rings. The van der Waals surface area contributed by atoms with E-state index >= 15 is 0 Å². The molecule has 3 nitrogen and oxygen atoms in total. The lowest BCUT2D eigenvalue weighted by Gasteiger charge is -2.10. The van der Waals surface area contributed by atoms with Gasteiger partial charge in [0.05, 0.1) is 6.26 Å². The summed E-state index contributed by atoms with van der Waals surface area (Å²) in [6, 6.07) is 12.0. The zero-order valence-electron chi connectivity index (χ0n) is 11.0. The summed E-state index contributed by atoms with van der Waals surface area (Å²) in [7, 11) is 0. The molecule has 0 amide bonds. The third-order valence-electron chi connectivity index (χ3n) is 2.74. The highest BCUT2D eigenvalue weighted by Crippen LogP contribution is 2.09. The molecule has 0 saturated heterocycles. The summed E-state index contributed by atoms with van der Waals surface area (Å²) in [5.41, 5.74) is 2.23. The number of anilines is 1. The van der Waals surface area contributed by atoms with Crippen LogP contribution in [0.15, 0.2) is 47.1 Å². The molecular formula is C15H18N2OS. The van der Waals surface area contributed by atoms with Crippen molar-refractivity contribution >= 4 is 23.0 Å². The molecule has 4 heteroatoms. The van der Waals surface area contributed by atoms with Crippen LogP contribution in [0.2, 0.25) is 0 Å². The van der Waals surface area contributed by atoms with E-state index in [0.717, 1.165) is 30.8 Å². The molecule has 100 valence electrons. The Balaban J connectivity index is 1.67. The molecule has 19 heavy (non-hydrogen) atoms. The molecule has 1 aromatic carbocycles. The van der Waals surface area contributed by atoms with Gasteiger partial charge in [0, 0.05) is 18.7 Å². The smallest absolute Gasteiger partial charge is 0.170 e. The van der Waals surface area contributed by atoms with Crippen LogP contribution in [0.25, 0.3) is 0 Å². The maximum absolute atomic E-state index is 5.27. The van der Waals surface area contributed by atoms with E-state index in [-0.39, 0.29) is 0 Å². The van der Waals surface area contributed by atoms with Gasteiger partial charge in [-0.1, -0.05) is 12.1 Å². The highest BCUT2D eigenvalue weighted by molar-refractivity contribution is 7.80. The summed E-state index contributed by atoms with van der Waals surface area (Å²) in [4.78, 5) is 0. The van der Waals surface area contributed by atoms with E-state index in [2.05, 4.69) is 29.7 Å². The molecule has 0 bridgehead atoms. The van der Waals surface area contributed by atoms with Gasteiger partial charge in [-0.15, -0.1) is 0 Å². The minimum Gasteiger partial charge on any atom is -0.469 e. The van der Waals surface area contributed by atoms with Crippen LogP contribution in [-0.2, 0) is 6.42 Å². The first-order chi connectivity index (χ1) is 9.24. The molecular weight excluding hydrogens is 256 g/mol. The molecule has 0 atom stereocenters. The van der Waals surface area contributed by atoms with Crippen molar-refractivity contribution in [3.8, 4) is 0 Å². The molecule has 0 saturated carbocycles. The van der Waals surface area contributed by atoms with Crippen LogP contribution >= 0.6 is 12.2 Å². The van der Waals surface area contributed by atoms with Crippen LogP contribution in [-0.4, -0.2) is 11.7 Å². The van der Waals surface area contributed by atoms with Crippen molar-refractivity contribution in [1.29, 1.82) is 0 Å². The highest BCUT2D eigenvalue weighted by Gasteiger charge is 1.99. The molecule has 0 aliphatic rings. The van der Waals surface area contributed by atoms with E-state index in [1.165, 1.54) is 5.56 Å². The number of furan rings is 1. The first kappa shape index (κ1) is 13.6. The Kier molecular flexibility index (Phi) is 4.98. The third-order valence-corrected chi connectivity index (χ3v) is 2.99. The number of rotatable bonds is 5. The molecule has 1 aromatic heterocycles. The third kappa shape index (κ3) is 4.75. The van der Waals surface area contributed by atoms with E-state index in [4.69, 9.17) is 16.6 Å². The molecule has 2 rings (SSSR count). The van der Waals surface area contributed by atoms with Crippen LogP contribution in [0.3, 0.4) is 0 Å². The lowest BCUT2D eigenvalue weighted by atomic mass is 10.2. The first-order valence-electron chi connectivity index (χ1n) is 6.38. The van der Waals surface area contributed by atoms with Crippen molar-refractivity contribution in [2.45, 2.75) is 19.8 Å². The SMILES string of the molecule is Cc1cccc(NC(=S)NCCCc2ccco2)c1. The van der Waals surface area contributed by atoms with E-state index in [1.54, 1.807) is 6.26 Å². The van der Waals surface area contributed by atoms with Crippen molar-refractivity contribution in [2.24, 2.45) is 0 Å². The van der Waals surface area contributed by atoms with Crippen LogP contribution in [0.1, 0.15) is 17.7 Å². The Labute approximate surface area is 119 Å². The molecule has 0 spiro atoms. The Morgan fingerprint density at radius 1 is 1.26 bits per heavy atom. The fraction of sp³-hybridized carbons (Fsp3) is 0.267. The maximum atomic E-state index is 5.27. The monoisotopic (exact) mass is 274 g/mol. The van der Waals surface area contributed by atoms with E-state index < -0.39 is 0 Å². The fourth-order valence-corrected chi connectivity index (χ4v) is 2.04. The van der Waals surface area contributed by atoms with Crippen LogP contribution in [0.5, 0.6) is 0 Å². The zero-order valence-corrected chi connectivity index (χ0v) is 11.8. The van der Waals surface area contributed by atoms with Crippen molar-refractivity contribution < 1.29 is 4.42 Å². The topological polar surface area (TPSA) is 37.2 Å². The Hall–Kier alpha value is -1.81. The Morgan fingerprint density at radius 3 is 2.89 bits per heavy atom. The van der Waals surface area contributed by atoms with Gasteiger partial charge in [0.25, 0.3) is 0 Å². The minimum absolute atomic E-state index is 0.657. The average molecular weight is 274 g/mol. The van der Waals surface area contributed by atoms with Gasteiger partial charge in [-0.2, -0.15) is 0 Å². The van der Waals surface area contributed by atoms with Gasteiger partial charge in [0.1, 0.15) is 5.76 Å². The zero-order chi connectivity index (χ0) is 13.5. The Morgan fingerprint density at radius 2 is 2.16 bits per heavy atom. The number of nitrogens with one attached hydrogen (secondary N) is 2. The van der Waals surface area contributed by atoms with Gasteiger partial charge in [-0.25, -0.2) is 0 Å². The lowest BCUT2D eigenvalue weighted by Crippen LogP contribution is -2.29. The molecule has 0 fully saturated rings. The summed E-state index contributed by atoms with van der Waals surface area (Å²) in [6.45, 7) is 2.89. The van der Waals surface area contributed by atoms with Gasteiger partial charge < -0.3 is 15.1 Å². The first-order valence-corrected chi connectivity index (χ1v) is 6.79. The summed E-state index contributed by atoms with van der Waals surface area (Å²) >= 11 is 5.25. The summed E-state index contributed by atoms with van der Waals surface area (Å²) in [5.74, 6) is 1.01. The number of aryl methyl sites for hydroxylation is 2. The summed E-state index contributed by atoms with van der Waals surface area (Å²) < 4.78 is 5.27. The van der Waals surface area contributed by atoms with Gasteiger partial charge >= 0.3 is 0 Å². The molecule has 0 unspecified atom stereocenters. The maximum Gasteiger partial charge on any atom is 0.170 e. The molecule has 0 radical (unpaired) electrons. The standard InChI is InChI=1S/C15H18N2OS/c1-12-5-2-6-13(11-12)17-15(19)16-9-3-7-14-8-4-10-18-14/h2,4-6,8,10-11H,3,7,9H2,1H3,(H2,16,17,19). The number of hydrogen-bond donors (Lipinski definition) is 2. The highest BCUT2D eigenvalue weighted by atomic mass is 32.1. The summed E-state index contributed by atoms with van der Waals surface area (Å²) in [5, 5.41) is 7.02. The predicted octanol–water partition coefficient (Wildman–Crippen LogP) is 3.51. The fourth-order valence-electron chi connectivity index (χ4n) is 1.82. The van der Waals surface area contributed by atoms with Crippen molar-refractivity contribution in [1.82, 2.24) is 5.32 Å². The largest absolute Gasteiger partial charge is 0.469 e. The van der Waals surface area contributed by atoms with E-state index in [1.807, 2.05) is 24.3 Å². The lowest BCUT2D eigenvalue weighted by molar-refractivity contribution is 0.501. The second-order valence-corrected chi connectivity index (χ2v) is 4.84. The minimum atomic E-state index is 0.657.